The van der Waals surface area contributed by atoms with Crippen molar-refractivity contribution in [3.8, 4) is 0 Å². The number of amides is 1. The second kappa shape index (κ2) is 15.0. The third kappa shape index (κ3) is 11.0. The van der Waals surface area contributed by atoms with Gasteiger partial charge in [0.15, 0.2) is 0 Å². The fourth-order valence-corrected chi connectivity index (χ4v) is 3.45. The smallest absolute Gasteiger partial charge is 0.312 e. The summed E-state index contributed by atoms with van der Waals surface area (Å²) in [6, 6.07) is 0. The molecule has 0 aliphatic heterocycles. The molecule has 0 radical (unpaired) electrons. The van der Waals surface area contributed by atoms with Crippen molar-refractivity contribution >= 4 is 17.8 Å². The highest BCUT2D eigenvalue weighted by atomic mass is 16.4. The van der Waals surface area contributed by atoms with Crippen LogP contribution >= 0.6 is 0 Å². The summed E-state index contributed by atoms with van der Waals surface area (Å²) in [6.45, 7) is 6.79. The van der Waals surface area contributed by atoms with E-state index in [0.29, 0.717) is 19.4 Å². The number of hydrogen-bond donors (Lipinski definition) is 4. The van der Waals surface area contributed by atoms with E-state index < -0.39 is 23.8 Å². The molecule has 0 aromatic rings. The number of carboxylic acid groups (broad SMARTS) is 2. The summed E-state index contributed by atoms with van der Waals surface area (Å²) < 4.78 is 0.145. The van der Waals surface area contributed by atoms with E-state index in [-0.39, 0.29) is 43.2 Å². The zero-order valence-corrected chi connectivity index (χ0v) is 18.1. The van der Waals surface area contributed by atoms with Gasteiger partial charge in [-0.25, -0.2) is 0 Å². The lowest BCUT2D eigenvalue weighted by Crippen LogP contribution is -2.59. The molecule has 0 aliphatic carbocycles. The molecule has 29 heavy (non-hydrogen) atoms. The Hall–Kier alpha value is -1.93. The zero-order chi connectivity index (χ0) is 22.3. The van der Waals surface area contributed by atoms with E-state index in [4.69, 9.17) is 0 Å². The number of nitrogens with zero attached hydrogens (tertiary/aromatic N) is 1. The summed E-state index contributed by atoms with van der Waals surface area (Å²) in [6.07, 6.45) is 7.05. The van der Waals surface area contributed by atoms with E-state index in [9.17, 15) is 29.7 Å². The first-order valence-corrected chi connectivity index (χ1v) is 10.6. The van der Waals surface area contributed by atoms with E-state index in [2.05, 4.69) is 12.2 Å². The van der Waals surface area contributed by atoms with Crippen LogP contribution in [0.5, 0.6) is 0 Å². The molecule has 8 heteroatoms. The van der Waals surface area contributed by atoms with Crippen LogP contribution in [0.15, 0.2) is 12.2 Å². The number of carbonyl (C=O) groups is 3. The van der Waals surface area contributed by atoms with Crippen molar-refractivity contribution in [3.63, 3.8) is 0 Å². The minimum atomic E-state index is -0.931. The number of aliphatic carboxylic acids is 2. The molecule has 0 saturated carbocycles. The molecule has 4 N–H and O–H groups in total. The molecule has 0 aromatic heterocycles. The molecule has 168 valence electrons. The van der Waals surface area contributed by atoms with Gasteiger partial charge in [0.05, 0.1) is 32.8 Å². The van der Waals surface area contributed by atoms with E-state index in [0.717, 1.165) is 19.3 Å². The Morgan fingerprint density at radius 3 is 1.93 bits per heavy atom. The largest absolute Gasteiger partial charge is 0.481 e. The second-order valence-electron chi connectivity index (χ2n) is 7.60. The molecule has 0 bridgehead atoms. The van der Waals surface area contributed by atoms with Gasteiger partial charge in [-0.15, -0.1) is 0 Å². The van der Waals surface area contributed by atoms with Gasteiger partial charge in [-0.05, 0) is 25.3 Å². The third-order valence-electron chi connectivity index (χ3n) is 5.35. The van der Waals surface area contributed by atoms with Gasteiger partial charge in [-0.1, -0.05) is 39.7 Å². The Labute approximate surface area is 174 Å². The number of carbonyl (C=O) groups excluding carboxylic acids is 1. The summed E-state index contributed by atoms with van der Waals surface area (Å²) in [5.41, 5.74) is 0. The first-order valence-electron chi connectivity index (χ1n) is 10.6. The normalized spacial score (nSPS) is 15.6. The Kier molecular flexibility index (Phi) is 14.0. The highest BCUT2D eigenvalue weighted by molar-refractivity contribution is 5.87. The molecule has 8 nitrogen and oxygen atoms in total. The number of allylic oxidation sites excluding steroid dienone is 1. The van der Waals surface area contributed by atoms with Crippen molar-refractivity contribution in [2.45, 2.75) is 52.9 Å². The molecule has 1 amide bonds. The van der Waals surface area contributed by atoms with Crippen LogP contribution in [0.2, 0.25) is 0 Å². The fourth-order valence-electron chi connectivity index (χ4n) is 3.45. The van der Waals surface area contributed by atoms with Crippen LogP contribution in [0.1, 0.15) is 52.9 Å². The summed E-state index contributed by atoms with van der Waals surface area (Å²) in [5.74, 6) is -3.37. The maximum absolute atomic E-state index is 12.0. The summed E-state index contributed by atoms with van der Waals surface area (Å²) >= 11 is 0. The zero-order valence-electron chi connectivity index (χ0n) is 18.1. The van der Waals surface area contributed by atoms with Crippen molar-refractivity contribution < 1.29 is 34.2 Å². The maximum atomic E-state index is 12.0. The molecule has 0 rings (SSSR count). The van der Waals surface area contributed by atoms with Crippen molar-refractivity contribution in [2.24, 2.45) is 11.8 Å². The number of quaternary nitrogens is 1. The predicted molar refractivity (Wildman–Crippen MR) is 111 cm³/mol. The summed E-state index contributed by atoms with van der Waals surface area (Å²) in [7, 11) is 0. The van der Waals surface area contributed by atoms with Gasteiger partial charge in [-0.2, -0.15) is 0 Å². The number of hydrogen-bond acceptors (Lipinski definition) is 4. The Bertz CT molecular complexity index is 511. The molecule has 0 aromatic carbocycles. The van der Waals surface area contributed by atoms with Crippen LogP contribution in [-0.4, -0.2) is 77.0 Å². The topological polar surface area (TPSA) is 124 Å². The molecular formula is C21H39N2O6+. The summed E-state index contributed by atoms with van der Waals surface area (Å²) in [5, 5.41) is 31.4. The minimum Gasteiger partial charge on any atom is -0.481 e. The van der Waals surface area contributed by atoms with Gasteiger partial charge < -0.3 is 25.1 Å². The van der Waals surface area contributed by atoms with E-state index in [1.54, 1.807) is 13.8 Å². The predicted octanol–water partition coefficient (Wildman–Crippen LogP) is 1.88. The van der Waals surface area contributed by atoms with Gasteiger partial charge in [0.25, 0.3) is 0 Å². The number of aliphatic hydroxyl groups is 1. The van der Waals surface area contributed by atoms with Gasteiger partial charge >= 0.3 is 11.9 Å². The number of unbranched alkanes of at least 4 members (excludes halogenated alkanes) is 2. The maximum Gasteiger partial charge on any atom is 0.312 e. The van der Waals surface area contributed by atoms with Gasteiger partial charge in [0.2, 0.25) is 5.91 Å². The molecule has 2 unspecified atom stereocenters. The number of aliphatic hydroxyl groups excluding tert-OH is 1. The molecule has 0 spiro atoms. The van der Waals surface area contributed by atoms with Crippen LogP contribution in [0.3, 0.4) is 0 Å². The fraction of sp³-hybridized carbons (Fsp3) is 0.762. The Morgan fingerprint density at radius 2 is 1.52 bits per heavy atom. The van der Waals surface area contributed by atoms with Gasteiger partial charge in [0.1, 0.15) is 18.4 Å². The summed E-state index contributed by atoms with van der Waals surface area (Å²) in [4.78, 5) is 35.2. The van der Waals surface area contributed by atoms with E-state index in [1.165, 1.54) is 6.08 Å². The number of carboxylic acids is 2. The number of nitrogens with one attached hydrogen (secondary N) is 1. The number of rotatable bonds is 17. The average molecular weight is 416 g/mol. The van der Waals surface area contributed by atoms with Crippen molar-refractivity contribution in [3.05, 3.63) is 12.2 Å². The van der Waals surface area contributed by atoms with Crippen LogP contribution in [0, 0.1) is 11.8 Å². The highest BCUT2D eigenvalue weighted by Crippen LogP contribution is 2.19. The highest BCUT2D eigenvalue weighted by Gasteiger charge is 2.37. The Morgan fingerprint density at radius 1 is 0.966 bits per heavy atom. The molecule has 0 fully saturated rings. The monoisotopic (exact) mass is 415 g/mol. The molecule has 0 saturated heterocycles. The SMILES string of the molecule is CCCC/C=C/C(=O)NCC[N+](CCO)(CC(CC)C(=O)O)CC(CC)C(=O)O. The third-order valence-corrected chi connectivity index (χ3v) is 5.35. The van der Waals surface area contributed by atoms with E-state index in [1.807, 2.05) is 6.08 Å². The first kappa shape index (κ1) is 27.1. The van der Waals surface area contributed by atoms with Crippen molar-refractivity contribution in [2.75, 3.05) is 39.3 Å². The minimum absolute atomic E-state index is 0.145. The molecule has 0 heterocycles. The Balaban J connectivity index is 5.30. The standard InChI is InChI=1S/C21H38N2O6/c1-4-7-8-9-10-19(25)22-11-12-23(13-14-24,15-17(5-2)20(26)27)16-18(6-3)21(28)29/h9-10,17-18,24H,4-8,11-16H2,1-3H3,(H2-,22,25,26,27,28,29)/p+1/b10-9+. The van der Waals surface area contributed by atoms with Crippen LogP contribution in [0.4, 0.5) is 0 Å². The molecule has 0 aliphatic rings. The lowest BCUT2D eigenvalue weighted by molar-refractivity contribution is -0.931. The molecular weight excluding hydrogens is 376 g/mol. The van der Waals surface area contributed by atoms with Gasteiger partial charge in [0, 0.05) is 0 Å². The lowest BCUT2D eigenvalue weighted by Gasteiger charge is -2.41. The quantitative estimate of drug-likeness (QED) is 0.163. The second-order valence-corrected chi connectivity index (χ2v) is 7.60. The van der Waals surface area contributed by atoms with Crippen LogP contribution in [0.25, 0.3) is 0 Å². The van der Waals surface area contributed by atoms with Crippen LogP contribution in [-0.2, 0) is 14.4 Å². The van der Waals surface area contributed by atoms with Crippen molar-refractivity contribution in [1.82, 2.24) is 5.32 Å². The van der Waals surface area contributed by atoms with E-state index >= 15 is 0 Å². The average Bonchev–Trinajstić information content (AvgIpc) is 2.67. The lowest BCUT2D eigenvalue weighted by atomic mass is 10.00. The van der Waals surface area contributed by atoms with Crippen LogP contribution < -0.4 is 5.32 Å². The first-order chi connectivity index (χ1) is 13.7. The van der Waals surface area contributed by atoms with Crippen molar-refractivity contribution in [1.29, 1.82) is 0 Å². The van der Waals surface area contributed by atoms with Gasteiger partial charge in [-0.3, -0.25) is 14.4 Å². The molecule has 2 atom stereocenters.